The number of rotatable bonds is 3. The van der Waals surface area contributed by atoms with E-state index in [0.717, 1.165) is 6.20 Å². The zero-order chi connectivity index (χ0) is 15.0. The molecule has 1 aliphatic rings. The maximum absolute atomic E-state index is 13.3. The van der Waals surface area contributed by atoms with Crippen molar-refractivity contribution < 1.29 is 24.1 Å². The molecule has 2 heterocycles. The summed E-state index contributed by atoms with van der Waals surface area (Å²) in [4.78, 5) is 25.9. The summed E-state index contributed by atoms with van der Waals surface area (Å²) in [6, 6.07) is 0. The molecular weight excluding hydrogens is 273 g/mol. The maximum atomic E-state index is 13.3. The molecule has 4 N–H and O–H groups in total. The van der Waals surface area contributed by atoms with Crippen LogP contribution in [-0.2, 0) is 9.53 Å². The minimum Gasteiger partial charge on any atom is -0.388 e. The minimum absolute atomic E-state index is 0.131. The van der Waals surface area contributed by atoms with Gasteiger partial charge in [-0.2, -0.15) is 4.98 Å². The lowest BCUT2D eigenvalue weighted by molar-refractivity contribution is -0.121. The fourth-order valence-electron chi connectivity index (χ4n) is 2.05. The van der Waals surface area contributed by atoms with Crippen LogP contribution in [0.5, 0.6) is 0 Å². The molecule has 4 atom stereocenters. The molecule has 0 aliphatic carbocycles. The summed E-state index contributed by atoms with van der Waals surface area (Å²) in [6.07, 6.45) is -4.54. The molecule has 110 valence electrons. The average molecular weight is 287 g/mol. The van der Waals surface area contributed by atoms with E-state index in [9.17, 15) is 24.2 Å². The molecule has 1 saturated heterocycles. The molecule has 9 heteroatoms. The third kappa shape index (κ3) is 2.55. The molecule has 2 rings (SSSR count). The van der Waals surface area contributed by atoms with Gasteiger partial charge in [0.15, 0.2) is 17.9 Å². The van der Waals surface area contributed by atoms with E-state index in [0.29, 0.717) is 4.57 Å². The van der Waals surface area contributed by atoms with E-state index in [4.69, 9.17) is 10.5 Å². The van der Waals surface area contributed by atoms with Crippen molar-refractivity contribution >= 4 is 11.6 Å². The average Bonchev–Trinajstić information content (AvgIpc) is 2.62. The van der Waals surface area contributed by atoms with Gasteiger partial charge in [-0.05, 0) is 6.92 Å². The second kappa shape index (κ2) is 5.27. The predicted octanol–water partition coefficient (Wildman–Crippen LogP) is -1.44. The van der Waals surface area contributed by atoms with Gasteiger partial charge in [-0.3, -0.25) is 9.36 Å². The Morgan fingerprint density at radius 2 is 2.20 bits per heavy atom. The van der Waals surface area contributed by atoms with E-state index in [1.54, 1.807) is 0 Å². The van der Waals surface area contributed by atoms with E-state index in [1.165, 1.54) is 6.92 Å². The number of hydrogen-bond donors (Lipinski definition) is 3. The number of halogens is 1. The molecule has 0 unspecified atom stereocenters. The number of nitrogen functional groups attached to an aromatic ring is 1. The van der Waals surface area contributed by atoms with E-state index < -0.39 is 41.9 Å². The SMILES string of the molecule is CC(=O)C[C@H]1O[C@@H](n2cc(F)c(N)nc2=O)[C@H](O)[C@@H]1O. The molecule has 0 saturated carbocycles. The Hall–Kier alpha value is -1.84. The number of anilines is 1. The van der Waals surface area contributed by atoms with E-state index >= 15 is 0 Å². The predicted molar refractivity (Wildman–Crippen MR) is 64.1 cm³/mol. The van der Waals surface area contributed by atoms with Crippen molar-refractivity contribution in [3.63, 3.8) is 0 Å². The number of aliphatic hydroxyl groups is 2. The van der Waals surface area contributed by atoms with Gasteiger partial charge in [0, 0.05) is 6.42 Å². The van der Waals surface area contributed by atoms with Crippen LogP contribution in [0.15, 0.2) is 11.0 Å². The standard InChI is InChI=1S/C11H14FN3O5/c1-4(16)2-6-7(17)8(18)10(20-6)15-3-5(12)9(13)14-11(15)19/h3,6-8,10,17-18H,2H2,1H3,(H2,13,14,19)/t6-,7-,8-,10-/m1/s1. The third-order valence-corrected chi connectivity index (χ3v) is 3.03. The Labute approximate surface area is 112 Å². The zero-order valence-electron chi connectivity index (χ0n) is 10.6. The Kier molecular flexibility index (Phi) is 3.84. The lowest BCUT2D eigenvalue weighted by Crippen LogP contribution is -2.36. The summed E-state index contributed by atoms with van der Waals surface area (Å²) in [6.45, 7) is 1.30. The van der Waals surface area contributed by atoms with Gasteiger partial charge in [-0.1, -0.05) is 0 Å². The molecule has 8 nitrogen and oxygen atoms in total. The topological polar surface area (TPSA) is 128 Å². The molecule has 1 fully saturated rings. The zero-order valence-corrected chi connectivity index (χ0v) is 10.6. The second-order valence-corrected chi connectivity index (χ2v) is 4.62. The quantitative estimate of drug-likeness (QED) is 0.621. The van der Waals surface area contributed by atoms with E-state index in [2.05, 4.69) is 4.98 Å². The molecule has 1 aromatic rings. The van der Waals surface area contributed by atoms with Crippen LogP contribution in [0.2, 0.25) is 0 Å². The Morgan fingerprint density at radius 3 is 2.80 bits per heavy atom. The van der Waals surface area contributed by atoms with E-state index in [1.807, 2.05) is 0 Å². The number of carbonyl (C=O) groups excluding carboxylic acids is 1. The summed E-state index contributed by atoms with van der Waals surface area (Å²) >= 11 is 0. The highest BCUT2D eigenvalue weighted by Crippen LogP contribution is 2.30. The highest BCUT2D eigenvalue weighted by molar-refractivity contribution is 5.76. The summed E-state index contributed by atoms with van der Waals surface area (Å²) in [5.41, 5.74) is 4.22. The summed E-state index contributed by atoms with van der Waals surface area (Å²) in [5.74, 6) is -1.78. The van der Waals surface area contributed by atoms with Crippen LogP contribution >= 0.6 is 0 Å². The molecule has 0 aromatic carbocycles. The normalized spacial score (nSPS) is 29.6. The number of nitrogens with zero attached hydrogens (tertiary/aromatic N) is 2. The number of ether oxygens (including phenoxy) is 1. The van der Waals surface area contributed by atoms with Gasteiger partial charge in [0.1, 0.15) is 18.0 Å². The van der Waals surface area contributed by atoms with Crippen LogP contribution in [0, 0.1) is 5.82 Å². The van der Waals surface area contributed by atoms with Gasteiger partial charge in [-0.25, -0.2) is 9.18 Å². The molecule has 20 heavy (non-hydrogen) atoms. The first-order chi connectivity index (χ1) is 9.31. The minimum atomic E-state index is -1.48. The van der Waals surface area contributed by atoms with Gasteiger partial charge in [0.25, 0.3) is 0 Å². The summed E-state index contributed by atoms with van der Waals surface area (Å²) < 4.78 is 19.3. The fraction of sp³-hybridized carbons (Fsp3) is 0.545. The summed E-state index contributed by atoms with van der Waals surface area (Å²) in [7, 11) is 0. The number of Topliss-reactive ketones (excluding diaryl/α,β-unsaturated/α-hetero) is 1. The summed E-state index contributed by atoms with van der Waals surface area (Å²) in [5, 5.41) is 19.6. The van der Waals surface area contributed by atoms with Crippen molar-refractivity contribution in [2.24, 2.45) is 0 Å². The van der Waals surface area contributed by atoms with Crippen LogP contribution in [0.25, 0.3) is 0 Å². The van der Waals surface area contributed by atoms with Gasteiger partial charge < -0.3 is 20.7 Å². The fourth-order valence-corrected chi connectivity index (χ4v) is 2.05. The highest BCUT2D eigenvalue weighted by atomic mass is 19.1. The Bertz CT molecular complexity index is 590. The lowest BCUT2D eigenvalue weighted by atomic mass is 10.1. The first kappa shape index (κ1) is 14.6. The van der Waals surface area contributed by atoms with Gasteiger partial charge in [0.2, 0.25) is 0 Å². The molecule has 0 radical (unpaired) electrons. The van der Waals surface area contributed by atoms with Crippen molar-refractivity contribution in [2.75, 3.05) is 5.73 Å². The van der Waals surface area contributed by atoms with E-state index in [-0.39, 0.29) is 12.2 Å². The smallest absolute Gasteiger partial charge is 0.351 e. The number of aromatic nitrogens is 2. The monoisotopic (exact) mass is 287 g/mol. The van der Waals surface area contributed by atoms with Gasteiger partial charge in [-0.15, -0.1) is 0 Å². The lowest BCUT2D eigenvalue weighted by Gasteiger charge is -2.17. The molecule has 0 amide bonds. The first-order valence-corrected chi connectivity index (χ1v) is 5.86. The molecule has 0 spiro atoms. The van der Waals surface area contributed by atoms with Crippen LogP contribution in [0.3, 0.4) is 0 Å². The van der Waals surface area contributed by atoms with Crippen LogP contribution in [0.4, 0.5) is 10.2 Å². The number of aliphatic hydroxyl groups excluding tert-OH is 2. The van der Waals surface area contributed by atoms with Crippen LogP contribution in [0.1, 0.15) is 19.6 Å². The number of hydrogen-bond acceptors (Lipinski definition) is 7. The molecule has 0 bridgehead atoms. The van der Waals surface area contributed by atoms with Gasteiger partial charge in [0.05, 0.1) is 12.3 Å². The second-order valence-electron chi connectivity index (χ2n) is 4.62. The maximum Gasteiger partial charge on any atom is 0.351 e. The molecule has 1 aliphatic heterocycles. The van der Waals surface area contributed by atoms with Crippen molar-refractivity contribution in [3.05, 3.63) is 22.5 Å². The Morgan fingerprint density at radius 1 is 1.55 bits per heavy atom. The largest absolute Gasteiger partial charge is 0.388 e. The number of ketones is 1. The van der Waals surface area contributed by atoms with Crippen molar-refractivity contribution in [1.29, 1.82) is 0 Å². The molecular formula is C11H14FN3O5. The van der Waals surface area contributed by atoms with Crippen molar-refractivity contribution in [1.82, 2.24) is 9.55 Å². The first-order valence-electron chi connectivity index (χ1n) is 5.86. The Balaban J connectivity index is 2.32. The number of nitrogens with two attached hydrogens (primary N) is 1. The van der Waals surface area contributed by atoms with Crippen molar-refractivity contribution in [3.8, 4) is 0 Å². The van der Waals surface area contributed by atoms with Crippen molar-refractivity contribution in [2.45, 2.75) is 37.9 Å². The van der Waals surface area contributed by atoms with Gasteiger partial charge >= 0.3 is 5.69 Å². The van der Waals surface area contributed by atoms with Crippen LogP contribution in [-0.4, -0.2) is 43.9 Å². The highest BCUT2D eigenvalue weighted by Gasteiger charge is 2.44. The van der Waals surface area contributed by atoms with Crippen LogP contribution < -0.4 is 11.4 Å². The number of carbonyl (C=O) groups is 1. The molecule has 1 aromatic heterocycles. The third-order valence-electron chi connectivity index (χ3n) is 3.03.